The molecule has 0 aromatic heterocycles. The predicted molar refractivity (Wildman–Crippen MR) is 68.5 cm³/mol. The molecule has 0 aliphatic carbocycles. The summed E-state index contributed by atoms with van der Waals surface area (Å²) in [6.45, 7) is 4.43. The van der Waals surface area contributed by atoms with Gasteiger partial charge >= 0.3 is 0 Å². The third-order valence-corrected chi connectivity index (χ3v) is 2.60. The average Bonchev–Trinajstić information content (AvgIpc) is 2.16. The van der Waals surface area contributed by atoms with Gasteiger partial charge < -0.3 is 16.8 Å². The van der Waals surface area contributed by atoms with Gasteiger partial charge in [0.05, 0.1) is 5.25 Å². The number of carbonyl (C=O) groups excluding carboxylic acids is 1. The van der Waals surface area contributed by atoms with Crippen LogP contribution in [0.25, 0.3) is 0 Å². The smallest absolute Gasteiger partial charge is 0.233 e. The second-order valence-electron chi connectivity index (χ2n) is 3.25. The highest BCUT2D eigenvalue weighted by molar-refractivity contribution is 8.14. The molecule has 0 bridgehead atoms. The molecule has 6 nitrogen and oxygen atoms in total. The third-order valence-electron chi connectivity index (χ3n) is 1.72. The monoisotopic (exact) mass is 245 g/mol. The second kappa shape index (κ2) is 7.98. The van der Waals surface area contributed by atoms with Gasteiger partial charge in [0.15, 0.2) is 11.1 Å². The molecular weight excluding hydrogens is 226 g/mol. The molecule has 0 aromatic carbocycles. The number of amidine groups is 1. The highest BCUT2D eigenvalue weighted by Crippen LogP contribution is 2.12. The molecule has 1 unspecified atom stereocenters. The third kappa shape index (κ3) is 7.10. The van der Waals surface area contributed by atoms with E-state index in [1.807, 2.05) is 0 Å². The van der Waals surface area contributed by atoms with Crippen LogP contribution in [0.2, 0.25) is 0 Å². The minimum absolute atomic E-state index is 0.0573. The zero-order valence-corrected chi connectivity index (χ0v) is 10.4. The SMILES string of the molecule is CCCCNC(=O)C(C)SC(=N)N=C(N)N. The Morgan fingerprint density at radius 2 is 2.19 bits per heavy atom. The van der Waals surface area contributed by atoms with E-state index in [0.29, 0.717) is 6.54 Å². The Bertz CT molecular complexity index is 275. The number of aliphatic imine (C=N–C) groups is 1. The van der Waals surface area contributed by atoms with Crippen molar-refractivity contribution in [2.75, 3.05) is 6.54 Å². The first-order valence-corrected chi connectivity index (χ1v) is 5.97. The highest BCUT2D eigenvalue weighted by atomic mass is 32.2. The van der Waals surface area contributed by atoms with Crippen molar-refractivity contribution in [3.05, 3.63) is 0 Å². The van der Waals surface area contributed by atoms with Gasteiger partial charge in [0, 0.05) is 6.54 Å². The minimum atomic E-state index is -0.368. The van der Waals surface area contributed by atoms with Crippen molar-refractivity contribution in [3.63, 3.8) is 0 Å². The first kappa shape index (κ1) is 14.8. The van der Waals surface area contributed by atoms with E-state index in [9.17, 15) is 4.79 Å². The van der Waals surface area contributed by atoms with Gasteiger partial charge in [-0.15, -0.1) is 0 Å². The predicted octanol–water partition coefficient (Wildman–Crippen LogP) is 0.233. The van der Waals surface area contributed by atoms with Crippen molar-refractivity contribution in [2.45, 2.75) is 31.9 Å². The van der Waals surface area contributed by atoms with Crippen LogP contribution >= 0.6 is 11.8 Å². The van der Waals surface area contributed by atoms with E-state index in [2.05, 4.69) is 17.2 Å². The summed E-state index contributed by atoms with van der Waals surface area (Å²) in [5.41, 5.74) is 10.2. The molecule has 0 aromatic rings. The molecule has 7 heteroatoms. The van der Waals surface area contributed by atoms with E-state index in [0.717, 1.165) is 24.6 Å². The van der Waals surface area contributed by atoms with Gasteiger partial charge in [-0.25, -0.2) is 0 Å². The lowest BCUT2D eigenvalue weighted by Gasteiger charge is -2.10. The van der Waals surface area contributed by atoms with Crippen LogP contribution in [0.15, 0.2) is 4.99 Å². The molecule has 6 N–H and O–H groups in total. The summed E-state index contributed by atoms with van der Waals surface area (Å²) in [7, 11) is 0. The molecule has 0 saturated heterocycles. The molecule has 0 saturated carbocycles. The largest absolute Gasteiger partial charge is 0.370 e. The molecular formula is C9H19N5OS. The van der Waals surface area contributed by atoms with Crippen LogP contribution in [0.4, 0.5) is 0 Å². The highest BCUT2D eigenvalue weighted by Gasteiger charge is 2.14. The fourth-order valence-corrected chi connectivity index (χ4v) is 1.58. The maximum atomic E-state index is 11.5. The van der Waals surface area contributed by atoms with Gasteiger partial charge in [0.25, 0.3) is 0 Å². The Morgan fingerprint density at radius 1 is 1.56 bits per heavy atom. The molecule has 0 spiro atoms. The maximum Gasteiger partial charge on any atom is 0.233 e. The Kier molecular flexibility index (Phi) is 7.36. The number of guanidine groups is 1. The van der Waals surface area contributed by atoms with E-state index in [1.165, 1.54) is 0 Å². The molecule has 1 amide bonds. The van der Waals surface area contributed by atoms with E-state index in [1.54, 1.807) is 6.92 Å². The molecule has 0 aliphatic rings. The molecule has 92 valence electrons. The molecule has 0 heterocycles. The van der Waals surface area contributed by atoms with Gasteiger partial charge in [0.2, 0.25) is 5.91 Å². The number of hydrogen-bond donors (Lipinski definition) is 4. The van der Waals surface area contributed by atoms with Crippen molar-refractivity contribution >= 4 is 28.8 Å². The fourth-order valence-electron chi connectivity index (χ4n) is 0.897. The van der Waals surface area contributed by atoms with Crippen LogP contribution in [0.3, 0.4) is 0 Å². The molecule has 0 aliphatic heterocycles. The number of unbranched alkanes of at least 4 members (excludes halogenated alkanes) is 1. The van der Waals surface area contributed by atoms with E-state index < -0.39 is 0 Å². The van der Waals surface area contributed by atoms with Gasteiger partial charge in [-0.3, -0.25) is 10.2 Å². The fraction of sp³-hybridized carbons (Fsp3) is 0.667. The van der Waals surface area contributed by atoms with Crippen molar-refractivity contribution in [3.8, 4) is 0 Å². The number of amides is 1. The van der Waals surface area contributed by atoms with Gasteiger partial charge in [-0.2, -0.15) is 4.99 Å². The topological polar surface area (TPSA) is 117 Å². The number of nitrogens with one attached hydrogen (secondary N) is 2. The number of nitrogens with two attached hydrogens (primary N) is 2. The molecule has 0 fully saturated rings. The number of nitrogens with zero attached hydrogens (tertiary/aromatic N) is 1. The van der Waals surface area contributed by atoms with Crippen molar-refractivity contribution < 1.29 is 4.79 Å². The molecule has 0 rings (SSSR count). The summed E-state index contributed by atoms with van der Waals surface area (Å²) in [5, 5.41) is 9.74. The summed E-state index contributed by atoms with van der Waals surface area (Å²) >= 11 is 1.02. The number of carbonyl (C=O) groups is 1. The van der Waals surface area contributed by atoms with E-state index in [-0.39, 0.29) is 22.3 Å². The quantitative estimate of drug-likeness (QED) is 0.315. The lowest BCUT2D eigenvalue weighted by atomic mass is 10.3. The van der Waals surface area contributed by atoms with Crippen molar-refractivity contribution in [1.29, 1.82) is 5.41 Å². The standard InChI is InChI=1S/C9H19N5OS/c1-3-4-5-13-7(15)6(2)16-9(12)14-8(10)11/h6H,3-5H2,1-2H3,(H,13,15)(H5,10,11,12,14). The maximum absolute atomic E-state index is 11.5. The normalized spacial score (nSPS) is 11.6. The Labute approximate surface area is 99.8 Å². The number of hydrogen-bond acceptors (Lipinski definition) is 3. The summed E-state index contributed by atoms with van der Waals surface area (Å²) in [6.07, 6.45) is 1.99. The van der Waals surface area contributed by atoms with Crippen molar-refractivity contribution in [2.24, 2.45) is 16.5 Å². The average molecular weight is 245 g/mol. The van der Waals surface area contributed by atoms with E-state index in [4.69, 9.17) is 16.9 Å². The number of rotatable bonds is 5. The van der Waals surface area contributed by atoms with Gasteiger partial charge in [-0.05, 0) is 13.3 Å². The van der Waals surface area contributed by atoms with Crippen LogP contribution in [0.1, 0.15) is 26.7 Å². The van der Waals surface area contributed by atoms with Crippen LogP contribution in [-0.4, -0.2) is 28.8 Å². The summed E-state index contributed by atoms with van der Waals surface area (Å²) in [4.78, 5) is 15.0. The lowest BCUT2D eigenvalue weighted by molar-refractivity contribution is -0.120. The Hall–Kier alpha value is -1.24. The lowest BCUT2D eigenvalue weighted by Crippen LogP contribution is -2.32. The zero-order chi connectivity index (χ0) is 12.6. The van der Waals surface area contributed by atoms with Crippen LogP contribution in [0, 0.1) is 5.41 Å². The minimum Gasteiger partial charge on any atom is -0.370 e. The van der Waals surface area contributed by atoms with Crippen molar-refractivity contribution in [1.82, 2.24) is 5.32 Å². The van der Waals surface area contributed by atoms with E-state index >= 15 is 0 Å². The summed E-state index contributed by atoms with van der Waals surface area (Å²) in [6, 6.07) is 0. The Balaban J connectivity index is 3.96. The summed E-state index contributed by atoms with van der Waals surface area (Å²) < 4.78 is 0. The molecule has 1 atom stereocenters. The molecule has 0 radical (unpaired) electrons. The molecule has 16 heavy (non-hydrogen) atoms. The van der Waals surface area contributed by atoms with Gasteiger partial charge in [0.1, 0.15) is 0 Å². The van der Waals surface area contributed by atoms with Crippen LogP contribution < -0.4 is 16.8 Å². The second-order valence-corrected chi connectivity index (χ2v) is 4.58. The first-order valence-electron chi connectivity index (χ1n) is 5.10. The summed E-state index contributed by atoms with van der Waals surface area (Å²) in [5.74, 6) is -0.273. The number of thioether (sulfide) groups is 1. The van der Waals surface area contributed by atoms with Gasteiger partial charge in [-0.1, -0.05) is 25.1 Å². The van der Waals surface area contributed by atoms with Crippen LogP contribution in [0.5, 0.6) is 0 Å². The Morgan fingerprint density at radius 3 is 2.69 bits per heavy atom. The first-order chi connectivity index (χ1) is 7.47. The zero-order valence-electron chi connectivity index (χ0n) is 9.62. The van der Waals surface area contributed by atoms with Crippen LogP contribution in [-0.2, 0) is 4.79 Å².